The maximum absolute atomic E-state index is 12.1. The topological polar surface area (TPSA) is 66.0 Å². The van der Waals surface area contributed by atoms with Gasteiger partial charge in [-0.1, -0.05) is 0 Å². The van der Waals surface area contributed by atoms with Crippen LogP contribution in [-0.2, 0) is 12.8 Å². The number of halogens is 1. The molecule has 1 aliphatic rings. The van der Waals surface area contributed by atoms with Crippen LogP contribution in [0.15, 0.2) is 16.7 Å². The number of rotatable bonds is 2. The van der Waals surface area contributed by atoms with Crippen molar-refractivity contribution in [2.75, 3.05) is 5.32 Å². The Hall–Kier alpha value is -1.77. The van der Waals surface area contributed by atoms with Crippen LogP contribution in [0.3, 0.4) is 0 Å². The molecule has 0 radical (unpaired) electrons. The maximum Gasteiger partial charge on any atom is 0.261 e. The second kappa shape index (κ2) is 5.31. The first-order chi connectivity index (χ1) is 9.70. The first-order valence-corrected chi connectivity index (χ1v) is 7.49. The third-order valence-electron chi connectivity index (χ3n) is 3.37. The molecular weight excluding hydrogens is 296 g/mol. The molecule has 6 heteroatoms. The van der Waals surface area contributed by atoms with E-state index in [0.717, 1.165) is 31.2 Å². The quantitative estimate of drug-likeness (QED) is 0.912. The van der Waals surface area contributed by atoms with Gasteiger partial charge in [-0.3, -0.25) is 4.79 Å². The van der Waals surface area contributed by atoms with Gasteiger partial charge in [0.15, 0.2) is 0 Å². The zero-order valence-corrected chi connectivity index (χ0v) is 12.1. The second-order valence-corrected chi connectivity index (χ2v) is 6.04. The third kappa shape index (κ3) is 2.21. The molecule has 2 heterocycles. The van der Waals surface area contributed by atoms with Gasteiger partial charge in [-0.05, 0) is 48.9 Å². The molecule has 20 heavy (non-hydrogen) atoms. The van der Waals surface area contributed by atoms with E-state index in [1.165, 1.54) is 28.5 Å². The van der Waals surface area contributed by atoms with Crippen molar-refractivity contribution in [1.29, 1.82) is 5.26 Å². The molecule has 2 aromatic rings. The molecular formula is C14H11ClN2O2S. The predicted octanol–water partition coefficient (Wildman–Crippen LogP) is 4.00. The van der Waals surface area contributed by atoms with Gasteiger partial charge in [-0.15, -0.1) is 11.3 Å². The fourth-order valence-corrected chi connectivity index (χ4v) is 3.83. The van der Waals surface area contributed by atoms with Crippen molar-refractivity contribution >= 4 is 33.8 Å². The van der Waals surface area contributed by atoms with E-state index in [2.05, 4.69) is 11.4 Å². The first-order valence-electron chi connectivity index (χ1n) is 6.29. The summed E-state index contributed by atoms with van der Waals surface area (Å²) in [6.07, 6.45) is 5.49. The Morgan fingerprint density at radius 1 is 1.45 bits per heavy atom. The number of nitriles is 1. The van der Waals surface area contributed by atoms with Gasteiger partial charge in [-0.25, -0.2) is 0 Å². The number of nitrogens with zero attached hydrogens (tertiary/aromatic N) is 1. The minimum atomic E-state index is -0.348. The average Bonchev–Trinajstić information content (AvgIpc) is 3.01. The van der Waals surface area contributed by atoms with Gasteiger partial charge in [0.25, 0.3) is 5.91 Å². The van der Waals surface area contributed by atoms with Crippen molar-refractivity contribution in [1.82, 2.24) is 0 Å². The summed E-state index contributed by atoms with van der Waals surface area (Å²) >= 11 is 7.28. The zero-order valence-electron chi connectivity index (χ0n) is 10.5. The molecule has 1 N–H and O–H groups in total. The van der Waals surface area contributed by atoms with E-state index < -0.39 is 0 Å². The van der Waals surface area contributed by atoms with Gasteiger partial charge in [0.2, 0.25) is 5.22 Å². The molecule has 4 nitrogen and oxygen atoms in total. The number of carbonyl (C=O) groups is 1. The molecule has 0 bridgehead atoms. The Labute approximate surface area is 125 Å². The molecule has 3 rings (SSSR count). The summed E-state index contributed by atoms with van der Waals surface area (Å²) in [5.41, 5.74) is 1.97. The maximum atomic E-state index is 12.1. The fourth-order valence-electron chi connectivity index (χ4n) is 2.40. The normalized spacial score (nSPS) is 13.6. The number of amides is 1. The Morgan fingerprint density at radius 3 is 2.95 bits per heavy atom. The van der Waals surface area contributed by atoms with Crippen molar-refractivity contribution < 1.29 is 9.21 Å². The molecule has 0 atom stereocenters. The Kier molecular flexibility index (Phi) is 3.51. The molecule has 0 saturated heterocycles. The third-order valence-corrected chi connectivity index (χ3v) is 4.87. The Bertz CT molecular complexity index is 711. The molecule has 0 unspecified atom stereocenters. The number of fused-ring (bicyclic) bond motifs is 1. The molecule has 102 valence electrons. The van der Waals surface area contributed by atoms with Crippen LogP contribution in [0.1, 0.15) is 39.2 Å². The van der Waals surface area contributed by atoms with Crippen LogP contribution >= 0.6 is 22.9 Å². The summed E-state index contributed by atoms with van der Waals surface area (Å²) < 4.78 is 4.90. The van der Waals surface area contributed by atoms with Gasteiger partial charge in [0, 0.05) is 4.88 Å². The minimum absolute atomic E-state index is 0.0577. The summed E-state index contributed by atoms with van der Waals surface area (Å²) in [6.45, 7) is 0. The summed E-state index contributed by atoms with van der Waals surface area (Å²) in [4.78, 5) is 13.3. The highest BCUT2D eigenvalue weighted by atomic mass is 35.5. The first kappa shape index (κ1) is 13.2. The van der Waals surface area contributed by atoms with Crippen LogP contribution < -0.4 is 5.32 Å². The van der Waals surface area contributed by atoms with Crippen LogP contribution in [0.2, 0.25) is 5.22 Å². The number of carbonyl (C=O) groups excluding carboxylic acids is 1. The molecule has 1 amide bonds. The van der Waals surface area contributed by atoms with Gasteiger partial charge < -0.3 is 9.73 Å². The number of anilines is 1. The van der Waals surface area contributed by atoms with Crippen molar-refractivity contribution in [2.45, 2.75) is 25.7 Å². The van der Waals surface area contributed by atoms with E-state index in [4.69, 9.17) is 16.0 Å². The summed E-state index contributed by atoms with van der Waals surface area (Å²) in [5.74, 6) is -0.348. The smallest absolute Gasteiger partial charge is 0.261 e. The molecule has 0 saturated carbocycles. The highest BCUT2D eigenvalue weighted by Gasteiger charge is 2.23. The number of furan rings is 1. The van der Waals surface area contributed by atoms with Crippen molar-refractivity contribution in [2.24, 2.45) is 0 Å². The lowest BCUT2D eigenvalue weighted by Crippen LogP contribution is -2.11. The largest absolute Gasteiger partial charge is 0.452 e. The van der Waals surface area contributed by atoms with Gasteiger partial charge in [0.05, 0.1) is 17.4 Å². The Balaban J connectivity index is 1.92. The van der Waals surface area contributed by atoms with Crippen LogP contribution in [0.4, 0.5) is 5.00 Å². The van der Waals surface area contributed by atoms with Gasteiger partial charge in [-0.2, -0.15) is 5.26 Å². The minimum Gasteiger partial charge on any atom is -0.452 e. The number of thiophene rings is 1. The lowest BCUT2D eigenvalue weighted by atomic mass is 9.96. The number of hydrogen-bond donors (Lipinski definition) is 1. The summed E-state index contributed by atoms with van der Waals surface area (Å²) in [6, 6.07) is 3.72. The lowest BCUT2D eigenvalue weighted by Gasteiger charge is -2.09. The van der Waals surface area contributed by atoms with Crippen molar-refractivity contribution in [3.8, 4) is 6.07 Å². The molecule has 2 aromatic heterocycles. The molecule has 0 aliphatic heterocycles. The summed E-state index contributed by atoms with van der Waals surface area (Å²) in [7, 11) is 0. The number of aryl methyl sites for hydroxylation is 1. The van der Waals surface area contributed by atoms with Crippen LogP contribution in [-0.4, -0.2) is 5.91 Å². The van der Waals surface area contributed by atoms with E-state index in [1.54, 1.807) is 0 Å². The molecule has 0 spiro atoms. The molecule has 0 fully saturated rings. The molecule has 0 aromatic carbocycles. The zero-order chi connectivity index (χ0) is 14.1. The van der Waals surface area contributed by atoms with Crippen LogP contribution in [0, 0.1) is 11.3 Å². The van der Waals surface area contributed by atoms with E-state index in [9.17, 15) is 10.1 Å². The van der Waals surface area contributed by atoms with Crippen LogP contribution in [0.5, 0.6) is 0 Å². The number of hydrogen-bond acceptors (Lipinski definition) is 4. The highest BCUT2D eigenvalue weighted by molar-refractivity contribution is 7.16. The molecule has 1 aliphatic carbocycles. The predicted molar refractivity (Wildman–Crippen MR) is 77.3 cm³/mol. The Morgan fingerprint density at radius 2 is 2.25 bits per heavy atom. The van der Waals surface area contributed by atoms with Crippen LogP contribution in [0.25, 0.3) is 0 Å². The van der Waals surface area contributed by atoms with Gasteiger partial charge in [0.1, 0.15) is 11.1 Å². The average molecular weight is 307 g/mol. The van der Waals surface area contributed by atoms with E-state index in [1.807, 2.05) is 0 Å². The van der Waals surface area contributed by atoms with E-state index in [0.29, 0.717) is 10.6 Å². The van der Waals surface area contributed by atoms with Gasteiger partial charge >= 0.3 is 0 Å². The SMILES string of the molecule is N#Cc1c(NC(=O)c2ccoc2Cl)sc2c1CCCC2. The highest BCUT2D eigenvalue weighted by Crippen LogP contribution is 2.38. The lowest BCUT2D eigenvalue weighted by molar-refractivity contribution is 0.102. The van der Waals surface area contributed by atoms with Crippen molar-refractivity contribution in [3.05, 3.63) is 39.1 Å². The summed E-state index contributed by atoms with van der Waals surface area (Å²) in [5, 5.41) is 12.8. The second-order valence-electron chi connectivity index (χ2n) is 4.59. The number of nitrogens with one attached hydrogen (secondary N) is 1. The monoisotopic (exact) mass is 306 g/mol. The standard InChI is InChI=1S/C14H11ClN2O2S/c15-12-9(5-6-19-12)13(18)17-14-10(7-16)8-3-1-2-4-11(8)20-14/h5-6H,1-4H2,(H,17,18). The van der Waals surface area contributed by atoms with Crippen molar-refractivity contribution in [3.63, 3.8) is 0 Å². The van der Waals surface area contributed by atoms with E-state index in [-0.39, 0.29) is 16.7 Å². The van der Waals surface area contributed by atoms with E-state index >= 15 is 0 Å². The fraction of sp³-hybridized carbons (Fsp3) is 0.286.